The number of nitrogens with zero attached hydrogens (tertiary/aromatic N) is 2. The highest BCUT2D eigenvalue weighted by Crippen LogP contribution is 2.36. The fraction of sp³-hybridized carbons (Fsp3) is 0.730. The van der Waals surface area contributed by atoms with Gasteiger partial charge in [-0.3, -0.25) is 19.4 Å². The predicted octanol–water partition coefficient (Wildman–Crippen LogP) is 6.07. The van der Waals surface area contributed by atoms with Crippen molar-refractivity contribution in [3.63, 3.8) is 0 Å². The van der Waals surface area contributed by atoms with Crippen LogP contribution in [0.5, 0.6) is 0 Å². The van der Waals surface area contributed by atoms with Crippen molar-refractivity contribution in [2.24, 2.45) is 23.7 Å². The number of hydrogen-bond acceptors (Lipinski definition) is 8. The lowest BCUT2D eigenvalue weighted by molar-refractivity contribution is -0.201. The molecule has 3 rings (SSSR count). The Morgan fingerprint density at radius 2 is 1.89 bits per heavy atom. The number of ether oxygens (including phenoxy) is 3. The second kappa shape index (κ2) is 18.6. The number of ketones is 2. The fourth-order valence-corrected chi connectivity index (χ4v) is 6.80. The highest BCUT2D eigenvalue weighted by atomic mass is 16.6. The number of Topliss-reactive ketones (excluding diaryl/α,β-unsaturated/α-hetero) is 2. The van der Waals surface area contributed by atoms with Crippen LogP contribution >= 0.6 is 0 Å². The first-order chi connectivity index (χ1) is 21.9. The number of amides is 1. The van der Waals surface area contributed by atoms with Crippen molar-refractivity contribution in [2.45, 2.75) is 123 Å². The molecule has 0 radical (unpaired) electrons. The molecule has 1 N–H and O–H groups in total. The first-order valence-corrected chi connectivity index (χ1v) is 17.4. The van der Waals surface area contributed by atoms with E-state index in [-0.39, 0.29) is 30.3 Å². The van der Waals surface area contributed by atoms with Crippen molar-refractivity contribution in [1.29, 1.82) is 0 Å². The van der Waals surface area contributed by atoms with Crippen molar-refractivity contribution in [3.8, 4) is 0 Å². The van der Waals surface area contributed by atoms with Gasteiger partial charge in [-0.1, -0.05) is 33.4 Å². The zero-order valence-corrected chi connectivity index (χ0v) is 28.9. The van der Waals surface area contributed by atoms with Crippen LogP contribution in [0.25, 0.3) is 0 Å². The summed E-state index contributed by atoms with van der Waals surface area (Å²) in [5, 5.41) is 10.6. The van der Waals surface area contributed by atoms with E-state index >= 15 is 0 Å². The quantitative estimate of drug-likeness (QED) is 0.0837. The van der Waals surface area contributed by atoms with Gasteiger partial charge >= 0.3 is 0 Å². The molecule has 2 heterocycles. The van der Waals surface area contributed by atoms with Crippen LogP contribution in [-0.4, -0.2) is 77.3 Å². The Bertz CT molecular complexity index is 1120. The van der Waals surface area contributed by atoms with E-state index < -0.39 is 23.5 Å². The minimum atomic E-state index is -2.16. The normalized spacial score (nSPS) is 23.8. The molecule has 2 fully saturated rings. The molecular weight excluding hydrogens is 584 g/mol. The third kappa shape index (κ3) is 11.6. The molecule has 9 nitrogen and oxygen atoms in total. The number of hydrogen-bond donors (Lipinski definition) is 1. The van der Waals surface area contributed by atoms with E-state index in [9.17, 15) is 19.5 Å². The highest BCUT2D eigenvalue weighted by Gasteiger charge is 2.42. The van der Waals surface area contributed by atoms with Gasteiger partial charge in [0.25, 0.3) is 11.7 Å². The third-order valence-corrected chi connectivity index (χ3v) is 9.70. The second-order valence-electron chi connectivity index (χ2n) is 14.0. The van der Waals surface area contributed by atoms with E-state index in [1.165, 1.54) is 11.8 Å². The molecule has 1 aliphatic carbocycles. The Hall–Kier alpha value is -2.62. The first kappa shape index (κ1) is 37.8. The van der Waals surface area contributed by atoms with Gasteiger partial charge in [0.15, 0.2) is 0 Å². The monoisotopic (exact) mass is 642 g/mol. The average molecular weight is 643 g/mol. The molecule has 1 aliphatic heterocycles. The SMILES string of the molecule is C=C(OCCC[C@@H]1CCC(CC(=O)C(C)Cc2ccccn2)[C@H](OC)C1)C1CCCCN1C(=O)C(=O)C(C)(O)OCCCC(C)C. The summed E-state index contributed by atoms with van der Waals surface area (Å²) in [7, 11) is 1.75. The van der Waals surface area contributed by atoms with Crippen LogP contribution in [0.2, 0.25) is 0 Å². The number of methoxy groups -OCH3 is 1. The van der Waals surface area contributed by atoms with Crippen molar-refractivity contribution >= 4 is 17.5 Å². The van der Waals surface area contributed by atoms with Crippen LogP contribution < -0.4 is 0 Å². The lowest BCUT2D eigenvalue weighted by Gasteiger charge is -2.37. The number of carbonyl (C=O) groups is 3. The maximum atomic E-state index is 13.2. The maximum absolute atomic E-state index is 13.2. The van der Waals surface area contributed by atoms with Crippen LogP contribution in [0.15, 0.2) is 36.7 Å². The van der Waals surface area contributed by atoms with Gasteiger partial charge in [-0.2, -0.15) is 0 Å². The molecule has 1 saturated carbocycles. The minimum Gasteiger partial charge on any atom is -0.496 e. The van der Waals surface area contributed by atoms with Crippen molar-refractivity contribution in [2.75, 3.05) is 26.9 Å². The van der Waals surface area contributed by atoms with Crippen LogP contribution in [-0.2, 0) is 35.0 Å². The standard InChI is InChI=1S/C37H58N2O7/c1-26(2)13-11-22-46-37(5,43)35(41)36(42)39-20-10-8-16-32(39)28(4)45-21-12-14-29-17-18-30(34(24-29)44-6)25-33(40)27(3)23-31-15-7-9-19-38-31/h7,9,15,19,26-27,29-30,32,34,43H,4,8,10-14,16-18,20-25H2,1-3,5-6H3/t27?,29-,30?,32?,34-,37?/m1/s1. The fourth-order valence-electron chi connectivity index (χ4n) is 6.80. The summed E-state index contributed by atoms with van der Waals surface area (Å²) in [6.07, 6.45) is 11.8. The summed E-state index contributed by atoms with van der Waals surface area (Å²) >= 11 is 0. The Balaban J connectivity index is 1.41. The van der Waals surface area contributed by atoms with Crippen molar-refractivity contribution in [3.05, 3.63) is 42.4 Å². The number of likely N-dealkylation sites (tertiary alicyclic amines) is 1. The Labute approximate surface area is 276 Å². The second-order valence-corrected chi connectivity index (χ2v) is 14.0. The van der Waals surface area contributed by atoms with Gasteiger partial charge in [-0.05, 0) is 107 Å². The first-order valence-electron chi connectivity index (χ1n) is 17.4. The average Bonchev–Trinajstić information content (AvgIpc) is 3.05. The zero-order chi connectivity index (χ0) is 33.7. The van der Waals surface area contributed by atoms with E-state index in [1.54, 1.807) is 13.3 Å². The van der Waals surface area contributed by atoms with Gasteiger partial charge < -0.3 is 24.2 Å². The summed E-state index contributed by atoms with van der Waals surface area (Å²) in [5.74, 6) is -1.96. The molecule has 6 atom stereocenters. The summed E-state index contributed by atoms with van der Waals surface area (Å²) < 4.78 is 17.4. The van der Waals surface area contributed by atoms with Crippen molar-refractivity contribution in [1.82, 2.24) is 9.88 Å². The molecule has 46 heavy (non-hydrogen) atoms. The van der Waals surface area contributed by atoms with Gasteiger partial charge in [0.05, 0.1) is 25.4 Å². The molecule has 0 spiro atoms. The van der Waals surface area contributed by atoms with Gasteiger partial charge in [-0.25, -0.2) is 0 Å². The number of pyridine rings is 1. The molecule has 2 aliphatic rings. The summed E-state index contributed by atoms with van der Waals surface area (Å²) in [6.45, 7) is 12.6. The maximum Gasteiger partial charge on any atom is 0.296 e. The lowest BCUT2D eigenvalue weighted by atomic mass is 9.75. The predicted molar refractivity (Wildman–Crippen MR) is 178 cm³/mol. The van der Waals surface area contributed by atoms with Gasteiger partial charge in [0.1, 0.15) is 11.5 Å². The van der Waals surface area contributed by atoms with Gasteiger partial charge in [0, 0.05) is 37.9 Å². The molecule has 1 saturated heterocycles. The number of carbonyl (C=O) groups excluding carboxylic acids is 3. The minimum absolute atomic E-state index is 0.0649. The third-order valence-electron chi connectivity index (χ3n) is 9.70. The van der Waals surface area contributed by atoms with Crippen LogP contribution in [0.4, 0.5) is 0 Å². The molecule has 1 amide bonds. The van der Waals surface area contributed by atoms with E-state index in [0.717, 1.165) is 57.1 Å². The number of rotatable bonds is 19. The number of aliphatic hydroxyl groups is 1. The molecule has 258 valence electrons. The molecule has 0 aromatic carbocycles. The summed E-state index contributed by atoms with van der Waals surface area (Å²) in [4.78, 5) is 45.1. The largest absolute Gasteiger partial charge is 0.496 e. The van der Waals surface area contributed by atoms with Gasteiger partial charge in [0.2, 0.25) is 5.79 Å². The summed E-state index contributed by atoms with van der Waals surface area (Å²) in [6, 6.07) is 5.40. The number of piperidine rings is 1. The Morgan fingerprint density at radius 3 is 2.59 bits per heavy atom. The molecule has 1 aromatic heterocycles. The van der Waals surface area contributed by atoms with E-state index in [0.29, 0.717) is 56.4 Å². The summed E-state index contributed by atoms with van der Waals surface area (Å²) in [5.41, 5.74) is 0.946. The van der Waals surface area contributed by atoms with Crippen LogP contribution in [0.1, 0.15) is 104 Å². The Kier molecular flexibility index (Phi) is 15.3. The topological polar surface area (TPSA) is 115 Å². The van der Waals surface area contributed by atoms with E-state index in [1.807, 2.05) is 25.1 Å². The lowest BCUT2D eigenvalue weighted by Crippen LogP contribution is -2.54. The van der Waals surface area contributed by atoms with Crippen molar-refractivity contribution < 1.29 is 33.7 Å². The smallest absolute Gasteiger partial charge is 0.296 e. The van der Waals surface area contributed by atoms with E-state index in [4.69, 9.17) is 14.2 Å². The number of aromatic nitrogens is 1. The van der Waals surface area contributed by atoms with E-state index in [2.05, 4.69) is 25.4 Å². The molecule has 0 bridgehead atoms. The zero-order valence-electron chi connectivity index (χ0n) is 28.9. The molecular formula is C37H58N2O7. The Morgan fingerprint density at radius 1 is 1.11 bits per heavy atom. The van der Waals surface area contributed by atoms with Crippen LogP contribution in [0.3, 0.4) is 0 Å². The van der Waals surface area contributed by atoms with Gasteiger partial charge in [-0.15, -0.1) is 0 Å². The molecule has 4 unspecified atom stereocenters. The molecule has 1 aromatic rings. The highest BCUT2D eigenvalue weighted by molar-refractivity contribution is 6.38. The van der Waals surface area contributed by atoms with Crippen LogP contribution in [0, 0.1) is 23.7 Å². The molecule has 9 heteroatoms.